The van der Waals surface area contributed by atoms with Crippen molar-refractivity contribution in [3.05, 3.63) is 59.7 Å². The van der Waals surface area contributed by atoms with Crippen LogP contribution in [0, 0.1) is 24.7 Å². The van der Waals surface area contributed by atoms with Crippen molar-refractivity contribution in [2.45, 2.75) is 90.1 Å². The van der Waals surface area contributed by atoms with Crippen molar-refractivity contribution >= 4 is 0 Å². The van der Waals surface area contributed by atoms with Gasteiger partial charge < -0.3 is 9.47 Å². The van der Waals surface area contributed by atoms with E-state index in [2.05, 4.69) is 6.92 Å². The van der Waals surface area contributed by atoms with Gasteiger partial charge in [0.15, 0.2) is 6.61 Å². The summed E-state index contributed by atoms with van der Waals surface area (Å²) in [5.74, 6) is 3.91. The Morgan fingerprint density at radius 1 is 0.765 bits per heavy atom. The van der Waals surface area contributed by atoms with Crippen LogP contribution in [-0.4, -0.2) is 12.7 Å². The van der Waals surface area contributed by atoms with Gasteiger partial charge in [0.25, 0.3) is 0 Å². The highest BCUT2D eigenvalue weighted by Crippen LogP contribution is 2.44. The van der Waals surface area contributed by atoms with Crippen LogP contribution in [0.25, 0.3) is 0 Å². The zero-order valence-corrected chi connectivity index (χ0v) is 20.8. The van der Waals surface area contributed by atoms with E-state index in [0.717, 1.165) is 23.3 Å². The molecule has 0 atom stereocenters. The van der Waals surface area contributed by atoms with Gasteiger partial charge >= 0.3 is 6.11 Å². The number of alkyl halides is 2. The van der Waals surface area contributed by atoms with Gasteiger partial charge in [-0.2, -0.15) is 8.78 Å². The first-order valence-electron chi connectivity index (χ1n) is 13.3. The maximum absolute atomic E-state index is 14.3. The van der Waals surface area contributed by atoms with Gasteiger partial charge in [0, 0.05) is 0 Å². The predicted molar refractivity (Wildman–Crippen MR) is 134 cm³/mol. The second-order valence-electron chi connectivity index (χ2n) is 10.6. The Bertz CT molecular complexity index is 862. The lowest BCUT2D eigenvalue weighted by Gasteiger charge is -2.38. The SMILES string of the molecule is CCCC1CCC(C2CCC(c3ccc(OC(F)(F)COc4ccc(C)cc4)cc3)CC2)CC1. The van der Waals surface area contributed by atoms with Gasteiger partial charge in [0.2, 0.25) is 0 Å². The molecule has 0 N–H and O–H groups in total. The second kappa shape index (κ2) is 11.6. The number of rotatable bonds is 9. The normalized spacial score (nSPS) is 25.6. The fraction of sp³-hybridized carbons (Fsp3) is 0.600. The van der Waals surface area contributed by atoms with E-state index in [0.29, 0.717) is 11.7 Å². The van der Waals surface area contributed by atoms with Gasteiger partial charge in [-0.15, -0.1) is 0 Å². The molecule has 4 rings (SSSR count). The summed E-state index contributed by atoms with van der Waals surface area (Å²) in [5.41, 5.74) is 2.30. The minimum absolute atomic E-state index is 0.179. The van der Waals surface area contributed by atoms with Crippen LogP contribution < -0.4 is 9.47 Å². The van der Waals surface area contributed by atoms with Crippen molar-refractivity contribution in [2.24, 2.45) is 17.8 Å². The first-order chi connectivity index (χ1) is 16.4. The summed E-state index contributed by atoms with van der Waals surface area (Å²) in [5, 5.41) is 0. The Labute approximate surface area is 204 Å². The van der Waals surface area contributed by atoms with Gasteiger partial charge in [-0.1, -0.05) is 62.4 Å². The molecule has 2 aliphatic rings. The molecular formula is C30H40F2O2. The Kier molecular flexibility index (Phi) is 8.50. The van der Waals surface area contributed by atoms with E-state index in [1.165, 1.54) is 69.8 Å². The third-order valence-electron chi connectivity index (χ3n) is 8.07. The van der Waals surface area contributed by atoms with Gasteiger partial charge in [-0.3, -0.25) is 0 Å². The lowest BCUT2D eigenvalue weighted by Crippen LogP contribution is -2.32. The summed E-state index contributed by atoms with van der Waals surface area (Å²) in [7, 11) is 0. The van der Waals surface area contributed by atoms with Gasteiger partial charge in [-0.05, 0) is 98.9 Å². The van der Waals surface area contributed by atoms with Crippen molar-refractivity contribution in [3.63, 3.8) is 0 Å². The zero-order chi connectivity index (χ0) is 24.0. The van der Waals surface area contributed by atoms with Crippen LogP contribution in [0.15, 0.2) is 48.5 Å². The van der Waals surface area contributed by atoms with Gasteiger partial charge in [0.05, 0.1) is 0 Å². The van der Waals surface area contributed by atoms with Crippen molar-refractivity contribution < 1.29 is 18.3 Å². The highest BCUT2D eigenvalue weighted by molar-refractivity contribution is 5.30. The summed E-state index contributed by atoms with van der Waals surface area (Å²) in [6.45, 7) is 3.43. The van der Waals surface area contributed by atoms with Crippen molar-refractivity contribution in [3.8, 4) is 11.5 Å². The van der Waals surface area contributed by atoms with Crippen LogP contribution in [-0.2, 0) is 0 Å². The molecule has 2 fully saturated rings. The standard InChI is InChI=1S/C30H40F2O2/c1-3-4-23-7-9-24(10-8-23)25-11-13-26(14-12-25)27-15-19-29(20-16-27)34-30(31,32)21-33-28-17-5-22(2)6-18-28/h5-6,15-20,23-26H,3-4,7-14,21H2,1-2H3. The molecule has 4 heteroatoms. The van der Waals surface area contributed by atoms with Crippen LogP contribution in [0.5, 0.6) is 11.5 Å². The molecule has 0 saturated heterocycles. The summed E-state index contributed by atoms with van der Waals surface area (Å²) in [6, 6.07) is 14.3. The van der Waals surface area contributed by atoms with Crippen molar-refractivity contribution in [2.75, 3.05) is 6.61 Å². The van der Waals surface area contributed by atoms with Crippen LogP contribution >= 0.6 is 0 Å². The minimum Gasteiger partial charge on any atom is -0.483 e. The van der Waals surface area contributed by atoms with E-state index >= 15 is 0 Å². The molecule has 2 aromatic rings. The molecule has 0 bridgehead atoms. The van der Waals surface area contributed by atoms with E-state index < -0.39 is 12.7 Å². The number of aryl methyl sites for hydroxylation is 1. The second-order valence-corrected chi connectivity index (χ2v) is 10.6. The molecule has 2 aromatic carbocycles. The van der Waals surface area contributed by atoms with E-state index in [4.69, 9.17) is 9.47 Å². The van der Waals surface area contributed by atoms with Crippen LogP contribution in [0.2, 0.25) is 0 Å². The fourth-order valence-electron chi connectivity index (χ4n) is 6.09. The average Bonchev–Trinajstić information content (AvgIpc) is 2.85. The molecule has 186 valence electrons. The molecule has 0 aromatic heterocycles. The maximum Gasteiger partial charge on any atom is 0.432 e. The third-order valence-corrected chi connectivity index (χ3v) is 8.07. The molecule has 0 radical (unpaired) electrons. The molecule has 0 amide bonds. The molecule has 34 heavy (non-hydrogen) atoms. The molecule has 2 saturated carbocycles. The fourth-order valence-corrected chi connectivity index (χ4v) is 6.09. The van der Waals surface area contributed by atoms with E-state index in [9.17, 15) is 8.78 Å². The third kappa shape index (κ3) is 6.96. The summed E-state index contributed by atoms with van der Waals surface area (Å²) in [6.07, 6.45) is 10.1. The molecule has 0 aliphatic heterocycles. The Morgan fingerprint density at radius 2 is 1.32 bits per heavy atom. The van der Waals surface area contributed by atoms with E-state index in [-0.39, 0.29) is 5.75 Å². The van der Waals surface area contributed by atoms with Crippen LogP contribution in [0.4, 0.5) is 8.78 Å². The van der Waals surface area contributed by atoms with Crippen molar-refractivity contribution in [1.82, 2.24) is 0 Å². The van der Waals surface area contributed by atoms with Crippen LogP contribution in [0.3, 0.4) is 0 Å². The van der Waals surface area contributed by atoms with Crippen molar-refractivity contribution in [1.29, 1.82) is 0 Å². The first kappa shape index (κ1) is 25.0. The van der Waals surface area contributed by atoms with Gasteiger partial charge in [0.1, 0.15) is 11.5 Å². The molecule has 0 unspecified atom stereocenters. The number of hydrogen-bond donors (Lipinski definition) is 0. The lowest BCUT2D eigenvalue weighted by atomic mass is 9.68. The highest BCUT2D eigenvalue weighted by Gasteiger charge is 2.34. The largest absolute Gasteiger partial charge is 0.483 e. The number of hydrogen-bond acceptors (Lipinski definition) is 2. The molecule has 0 heterocycles. The zero-order valence-electron chi connectivity index (χ0n) is 20.8. The summed E-state index contributed by atoms with van der Waals surface area (Å²) in [4.78, 5) is 0. The number of halogens is 2. The number of ether oxygens (including phenoxy) is 2. The first-order valence-corrected chi connectivity index (χ1v) is 13.3. The molecular weight excluding hydrogens is 430 g/mol. The topological polar surface area (TPSA) is 18.5 Å². The Morgan fingerprint density at radius 3 is 1.91 bits per heavy atom. The monoisotopic (exact) mass is 470 g/mol. The van der Waals surface area contributed by atoms with E-state index in [1.807, 2.05) is 31.2 Å². The highest BCUT2D eigenvalue weighted by atomic mass is 19.3. The molecule has 0 spiro atoms. The van der Waals surface area contributed by atoms with E-state index in [1.54, 1.807) is 24.3 Å². The number of benzene rings is 2. The Hall–Kier alpha value is -2.10. The van der Waals surface area contributed by atoms with Gasteiger partial charge in [-0.25, -0.2) is 0 Å². The average molecular weight is 471 g/mol. The van der Waals surface area contributed by atoms with Crippen LogP contribution in [0.1, 0.15) is 88.2 Å². The summed E-state index contributed by atoms with van der Waals surface area (Å²) >= 11 is 0. The lowest BCUT2D eigenvalue weighted by molar-refractivity contribution is -0.195. The smallest absolute Gasteiger partial charge is 0.432 e. The molecule has 2 aliphatic carbocycles. The molecule has 2 nitrogen and oxygen atoms in total. The summed E-state index contributed by atoms with van der Waals surface area (Å²) < 4.78 is 38.7. The quantitative estimate of drug-likeness (QED) is 0.364. The maximum atomic E-state index is 14.3. The predicted octanol–water partition coefficient (Wildman–Crippen LogP) is 8.93. The minimum atomic E-state index is -3.39. The Balaban J connectivity index is 1.22.